The molecule has 8 heteroatoms. The molecule has 0 aliphatic rings. The standard InChI is InChI=1S/C26H21FN2O5/c1-33-20-11-9-15(10-12-20)21(29-26(32)17-6-3-7-18(27)13-17)16-5-4-8-19(14-16)28-22-23(30)24(31)25(22)34-2/h3-14,21,28H,1-2H3,(H,29,32). The van der Waals surface area contributed by atoms with Crippen molar-refractivity contribution in [3.63, 3.8) is 0 Å². The lowest BCUT2D eigenvalue weighted by Crippen LogP contribution is -2.34. The Morgan fingerprint density at radius 3 is 2.26 bits per heavy atom. The largest absolute Gasteiger partial charge is 0.497 e. The van der Waals surface area contributed by atoms with Crippen LogP contribution in [0, 0.1) is 5.82 Å². The number of hydrogen-bond acceptors (Lipinski definition) is 6. The van der Waals surface area contributed by atoms with Crippen LogP contribution < -0.4 is 31.0 Å². The zero-order chi connectivity index (χ0) is 24.2. The molecule has 0 bridgehead atoms. The Hall–Kier alpha value is -4.46. The molecule has 0 aromatic heterocycles. The summed E-state index contributed by atoms with van der Waals surface area (Å²) in [5.41, 5.74) is 0.900. The number of nitrogens with one attached hydrogen (secondary N) is 2. The first-order valence-corrected chi connectivity index (χ1v) is 10.4. The second-order valence-electron chi connectivity index (χ2n) is 7.51. The first kappa shape index (κ1) is 22.7. The van der Waals surface area contributed by atoms with Crippen LogP contribution in [0.1, 0.15) is 27.5 Å². The normalized spacial score (nSPS) is 11.6. The molecule has 1 amide bonds. The minimum absolute atomic E-state index is 0.0264. The average molecular weight is 460 g/mol. The lowest BCUT2D eigenvalue weighted by atomic mass is 9.97. The van der Waals surface area contributed by atoms with Gasteiger partial charge in [0.2, 0.25) is 0 Å². The summed E-state index contributed by atoms with van der Waals surface area (Å²) in [5.74, 6) is -0.340. The SMILES string of the molecule is COc1ccc(C(NC(=O)c2cccc(F)c2)c2cccc(Nc3c(OC)c(=O)c3=O)c2)cc1. The number of hydrogen-bond donors (Lipinski definition) is 2. The molecule has 0 heterocycles. The van der Waals surface area contributed by atoms with E-state index in [1.54, 1.807) is 37.4 Å². The Bertz CT molecular complexity index is 1410. The van der Waals surface area contributed by atoms with E-state index in [1.807, 2.05) is 18.2 Å². The highest BCUT2D eigenvalue weighted by atomic mass is 19.1. The molecular weight excluding hydrogens is 439 g/mol. The number of carbonyl (C=O) groups excluding carboxylic acids is 1. The van der Waals surface area contributed by atoms with Gasteiger partial charge in [0, 0.05) is 11.3 Å². The summed E-state index contributed by atoms with van der Waals surface area (Å²) in [4.78, 5) is 36.5. The van der Waals surface area contributed by atoms with Gasteiger partial charge in [-0.15, -0.1) is 0 Å². The number of rotatable bonds is 8. The summed E-state index contributed by atoms with van der Waals surface area (Å²) < 4.78 is 23.9. The first-order chi connectivity index (χ1) is 16.4. The van der Waals surface area contributed by atoms with Gasteiger partial charge in [-0.1, -0.05) is 30.3 Å². The Balaban J connectivity index is 1.69. The second-order valence-corrected chi connectivity index (χ2v) is 7.51. The van der Waals surface area contributed by atoms with E-state index in [2.05, 4.69) is 10.6 Å². The van der Waals surface area contributed by atoms with E-state index in [0.717, 1.165) is 11.6 Å². The van der Waals surface area contributed by atoms with Gasteiger partial charge in [0.05, 0.1) is 20.3 Å². The van der Waals surface area contributed by atoms with Crippen LogP contribution in [0.2, 0.25) is 0 Å². The second kappa shape index (κ2) is 9.58. The molecule has 0 spiro atoms. The predicted octanol–water partition coefficient (Wildman–Crippen LogP) is 3.70. The fraction of sp³-hybridized carbons (Fsp3) is 0.115. The van der Waals surface area contributed by atoms with Gasteiger partial charge in [-0.3, -0.25) is 14.4 Å². The number of anilines is 2. The molecule has 4 aromatic carbocycles. The van der Waals surface area contributed by atoms with E-state index in [9.17, 15) is 18.8 Å². The molecule has 0 aliphatic heterocycles. The number of amides is 1. The van der Waals surface area contributed by atoms with Crippen molar-refractivity contribution in [3.8, 4) is 11.5 Å². The van der Waals surface area contributed by atoms with Crippen LogP contribution in [0.15, 0.2) is 82.4 Å². The summed E-state index contributed by atoms with van der Waals surface area (Å²) in [6.07, 6.45) is 0. The molecule has 4 rings (SSSR count). The van der Waals surface area contributed by atoms with E-state index < -0.39 is 28.6 Å². The number of carbonyl (C=O) groups is 1. The Morgan fingerprint density at radius 2 is 1.59 bits per heavy atom. The average Bonchev–Trinajstić information content (AvgIpc) is 2.87. The fourth-order valence-corrected chi connectivity index (χ4v) is 3.62. The summed E-state index contributed by atoms with van der Waals surface area (Å²) in [6, 6.07) is 19.0. The van der Waals surface area contributed by atoms with Gasteiger partial charge in [-0.25, -0.2) is 4.39 Å². The van der Waals surface area contributed by atoms with Gasteiger partial charge in [-0.2, -0.15) is 0 Å². The number of benzene rings is 3. The van der Waals surface area contributed by atoms with E-state index in [1.165, 1.54) is 25.3 Å². The molecule has 0 aliphatic carbocycles. The molecule has 1 unspecified atom stereocenters. The van der Waals surface area contributed by atoms with Gasteiger partial charge in [0.25, 0.3) is 16.8 Å². The van der Waals surface area contributed by atoms with Crippen molar-refractivity contribution in [2.75, 3.05) is 19.5 Å². The van der Waals surface area contributed by atoms with Gasteiger partial charge < -0.3 is 20.1 Å². The van der Waals surface area contributed by atoms with Gasteiger partial charge >= 0.3 is 0 Å². The smallest absolute Gasteiger partial charge is 0.272 e. The molecule has 0 fully saturated rings. The van der Waals surface area contributed by atoms with Crippen molar-refractivity contribution in [3.05, 3.63) is 116 Å². The Labute approximate surface area is 194 Å². The van der Waals surface area contributed by atoms with Gasteiger partial charge in [0.1, 0.15) is 17.3 Å². The molecule has 7 nitrogen and oxygen atoms in total. The Kier molecular flexibility index (Phi) is 6.40. The predicted molar refractivity (Wildman–Crippen MR) is 126 cm³/mol. The number of halogens is 1. The first-order valence-electron chi connectivity index (χ1n) is 10.4. The van der Waals surface area contributed by atoms with Crippen LogP contribution in [0.4, 0.5) is 15.8 Å². The highest BCUT2D eigenvalue weighted by Gasteiger charge is 2.23. The minimum atomic E-state index is -0.681. The number of ether oxygens (including phenoxy) is 2. The third-order valence-electron chi connectivity index (χ3n) is 5.37. The van der Waals surface area contributed by atoms with Crippen LogP contribution in [-0.4, -0.2) is 20.1 Å². The highest BCUT2D eigenvalue weighted by molar-refractivity contribution is 5.94. The molecule has 34 heavy (non-hydrogen) atoms. The van der Waals surface area contributed by atoms with E-state index in [0.29, 0.717) is 17.0 Å². The molecule has 0 saturated heterocycles. The zero-order valence-electron chi connectivity index (χ0n) is 18.4. The maximum atomic E-state index is 13.7. The summed E-state index contributed by atoms with van der Waals surface area (Å²) in [6.45, 7) is 0. The monoisotopic (exact) mass is 460 g/mol. The van der Waals surface area contributed by atoms with Crippen molar-refractivity contribution in [1.29, 1.82) is 0 Å². The minimum Gasteiger partial charge on any atom is -0.497 e. The van der Waals surface area contributed by atoms with Crippen LogP contribution in [0.3, 0.4) is 0 Å². The van der Waals surface area contributed by atoms with Crippen molar-refractivity contribution < 1.29 is 18.7 Å². The Morgan fingerprint density at radius 1 is 0.853 bits per heavy atom. The molecule has 172 valence electrons. The third-order valence-corrected chi connectivity index (χ3v) is 5.37. The molecule has 4 aromatic rings. The van der Waals surface area contributed by atoms with E-state index in [4.69, 9.17) is 9.47 Å². The van der Waals surface area contributed by atoms with Gasteiger partial charge in [-0.05, 0) is 53.6 Å². The van der Waals surface area contributed by atoms with Gasteiger partial charge in [0.15, 0.2) is 5.75 Å². The van der Waals surface area contributed by atoms with Crippen molar-refractivity contribution in [1.82, 2.24) is 5.32 Å². The molecule has 0 saturated carbocycles. The molecule has 0 radical (unpaired) electrons. The maximum Gasteiger partial charge on any atom is 0.272 e. The number of methoxy groups -OCH3 is 2. The lowest BCUT2D eigenvalue weighted by molar-refractivity contribution is 0.0942. The van der Waals surface area contributed by atoms with Crippen LogP contribution in [-0.2, 0) is 0 Å². The van der Waals surface area contributed by atoms with Crippen molar-refractivity contribution >= 4 is 17.3 Å². The van der Waals surface area contributed by atoms with Crippen LogP contribution in [0.25, 0.3) is 0 Å². The van der Waals surface area contributed by atoms with Crippen LogP contribution >= 0.6 is 0 Å². The van der Waals surface area contributed by atoms with Crippen LogP contribution in [0.5, 0.6) is 11.5 Å². The van der Waals surface area contributed by atoms with Crippen molar-refractivity contribution in [2.45, 2.75) is 6.04 Å². The summed E-state index contributed by atoms with van der Waals surface area (Å²) in [7, 11) is 2.88. The topological polar surface area (TPSA) is 93.7 Å². The third kappa shape index (κ3) is 4.52. The molecule has 1 atom stereocenters. The summed E-state index contributed by atoms with van der Waals surface area (Å²) >= 11 is 0. The van der Waals surface area contributed by atoms with Crippen molar-refractivity contribution in [2.24, 2.45) is 0 Å². The molecular formula is C26H21FN2O5. The lowest BCUT2D eigenvalue weighted by Gasteiger charge is -2.21. The highest BCUT2D eigenvalue weighted by Crippen LogP contribution is 2.29. The summed E-state index contributed by atoms with van der Waals surface area (Å²) in [5, 5.41) is 5.86. The fourth-order valence-electron chi connectivity index (χ4n) is 3.62. The van der Waals surface area contributed by atoms with E-state index >= 15 is 0 Å². The quantitative estimate of drug-likeness (QED) is 0.390. The maximum absolute atomic E-state index is 13.7. The van der Waals surface area contributed by atoms with E-state index in [-0.39, 0.29) is 17.0 Å². The molecule has 2 N–H and O–H groups in total. The zero-order valence-corrected chi connectivity index (χ0v) is 18.4.